The lowest BCUT2D eigenvalue weighted by Gasteiger charge is -2.10. The number of para-hydroxylation sites is 1. The first-order chi connectivity index (χ1) is 12.0. The van der Waals surface area contributed by atoms with Crippen LogP contribution in [0.15, 0.2) is 48.5 Å². The van der Waals surface area contributed by atoms with Gasteiger partial charge < -0.3 is 15.4 Å². The van der Waals surface area contributed by atoms with E-state index in [-0.39, 0.29) is 12.4 Å². The maximum atomic E-state index is 13.4. The van der Waals surface area contributed by atoms with Crippen molar-refractivity contribution in [1.29, 1.82) is 0 Å². The summed E-state index contributed by atoms with van der Waals surface area (Å²) in [5.41, 5.74) is 1.07. The Morgan fingerprint density at radius 1 is 1.12 bits per heavy atom. The number of urea groups is 1. The summed E-state index contributed by atoms with van der Waals surface area (Å²) < 4.78 is 18.5. The van der Waals surface area contributed by atoms with Crippen molar-refractivity contribution in [1.82, 2.24) is 10.6 Å². The summed E-state index contributed by atoms with van der Waals surface area (Å²) in [5, 5.41) is 7.22. The molecule has 4 amide bonds. The summed E-state index contributed by atoms with van der Waals surface area (Å²) in [6, 6.07) is 10.9. The molecule has 1 heterocycles. The third-order valence-corrected chi connectivity index (χ3v) is 3.50. The van der Waals surface area contributed by atoms with Gasteiger partial charge in [0, 0.05) is 5.69 Å². The zero-order valence-corrected chi connectivity index (χ0v) is 12.9. The van der Waals surface area contributed by atoms with Crippen molar-refractivity contribution in [3.05, 3.63) is 59.9 Å². The Morgan fingerprint density at radius 2 is 1.84 bits per heavy atom. The van der Waals surface area contributed by atoms with Crippen LogP contribution in [0.2, 0.25) is 0 Å². The van der Waals surface area contributed by atoms with E-state index in [1.807, 2.05) is 0 Å². The van der Waals surface area contributed by atoms with Crippen LogP contribution in [0.3, 0.4) is 0 Å². The molecule has 25 heavy (non-hydrogen) atoms. The number of rotatable bonds is 5. The molecule has 7 nitrogen and oxygen atoms in total. The minimum atomic E-state index is -0.748. The van der Waals surface area contributed by atoms with Crippen LogP contribution in [0.25, 0.3) is 0 Å². The monoisotopic (exact) mass is 343 g/mol. The van der Waals surface area contributed by atoms with E-state index in [9.17, 15) is 18.8 Å². The van der Waals surface area contributed by atoms with E-state index in [0.717, 1.165) is 0 Å². The number of carbonyl (C=O) groups excluding carboxylic acids is 3. The smallest absolute Gasteiger partial charge is 0.322 e. The Labute approximate surface area is 142 Å². The van der Waals surface area contributed by atoms with Crippen molar-refractivity contribution in [2.45, 2.75) is 6.04 Å². The van der Waals surface area contributed by atoms with E-state index < -0.39 is 29.7 Å². The van der Waals surface area contributed by atoms with E-state index in [1.165, 1.54) is 18.2 Å². The second-order valence-corrected chi connectivity index (χ2v) is 5.29. The molecule has 2 aromatic carbocycles. The number of amides is 4. The Balaban J connectivity index is 1.56. The van der Waals surface area contributed by atoms with Gasteiger partial charge in [0.15, 0.2) is 18.2 Å². The standard InChI is InChI=1S/C17H14FN3O4/c18-12-3-1-2-4-13(12)25-9-14(22)19-11-7-5-10(6-8-11)15-16(23)21-17(24)20-15/h1-8,15H,9H2,(H,19,22)(H2,20,21,23,24). The van der Waals surface area contributed by atoms with Gasteiger partial charge in [0.05, 0.1) is 0 Å². The number of hydrogen-bond acceptors (Lipinski definition) is 4. The zero-order chi connectivity index (χ0) is 17.8. The molecule has 1 atom stereocenters. The van der Waals surface area contributed by atoms with E-state index in [2.05, 4.69) is 16.0 Å². The maximum Gasteiger partial charge on any atom is 0.322 e. The molecule has 1 saturated heterocycles. The van der Waals surface area contributed by atoms with E-state index in [0.29, 0.717) is 11.3 Å². The Hall–Kier alpha value is -3.42. The third-order valence-electron chi connectivity index (χ3n) is 3.50. The van der Waals surface area contributed by atoms with Gasteiger partial charge in [-0.3, -0.25) is 14.9 Å². The first kappa shape index (κ1) is 16.4. The van der Waals surface area contributed by atoms with E-state index >= 15 is 0 Å². The summed E-state index contributed by atoms with van der Waals surface area (Å²) in [6.07, 6.45) is 0. The molecular formula is C17H14FN3O4. The topological polar surface area (TPSA) is 96.5 Å². The van der Waals surface area contributed by atoms with Crippen LogP contribution in [0, 0.1) is 5.82 Å². The van der Waals surface area contributed by atoms with Crippen molar-refractivity contribution in [2.75, 3.05) is 11.9 Å². The van der Waals surface area contributed by atoms with Gasteiger partial charge in [-0.15, -0.1) is 0 Å². The third kappa shape index (κ3) is 3.92. The number of nitrogens with one attached hydrogen (secondary N) is 3. The molecule has 2 aromatic rings. The number of carbonyl (C=O) groups is 3. The van der Waals surface area contributed by atoms with Crippen LogP contribution in [0.4, 0.5) is 14.9 Å². The van der Waals surface area contributed by atoms with Gasteiger partial charge in [0.25, 0.3) is 11.8 Å². The average Bonchev–Trinajstić information content (AvgIpc) is 2.93. The Bertz CT molecular complexity index is 823. The quantitative estimate of drug-likeness (QED) is 0.720. The summed E-state index contributed by atoms with van der Waals surface area (Å²) >= 11 is 0. The number of benzene rings is 2. The van der Waals surface area contributed by atoms with Gasteiger partial charge in [-0.25, -0.2) is 9.18 Å². The summed E-state index contributed by atoms with van der Waals surface area (Å²) in [4.78, 5) is 34.6. The molecular weight excluding hydrogens is 329 g/mol. The van der Waals surface area contributed by atoms with Gasteiger partial charge >= 0.3 is 6.03 Å². The zero-order valence-electron chi connectivity index (χ0n) is 12.9. The Kier molecular flexibility index (Phi) is 4.60. The molecule has 8 heteroatoms. The molecule has 0 saturated carbocycles. The van der Waals surface area contributed by atoms with Crippen LogP contribution in [0.1, 0.15) is 11.6 Å². The lowest BCUT2D eigenvalue weighted by molar-refractivity contribution is -0.120. The van der Waals surface area contributed by atoms with Gasteiger partial charge in [-0.05, 0) is 29.8 Å². The van der Waals surface area contributed by atoms with E-state index in [4.69, 9.17) is 4.74 Å². The van der Waals surface area contributed by atoms with Crippen LogP contribution >= 0.6 is 0 Å². The summed E-state index contributed by atoms with van der Waals surface area (Å²) in [7, 11) is 0. The molecule has 1 aliphatic heterocycles. The molecule has 1 unspecified atom stereocenters. The summed E-state index contributed by atoms with van der Waals surface area (Å²) in [5.74, 6) is -1.43. The maximum absolute atomic E-state index is 13.4. The minimum Gasteiger partial charge on any atom is -0.481 e. The van der Waals surface area contributed by atoms with E-state index in [1.54, 1.807) is 30.3 Å². The SMILES string of the molecule is O=C(COc1ccccc1F)Nc1ccc(C2NC(=O)NC2=O)cc1. The second kappa shape index (κ2) is 7.00. The number of imide groups is 1. The Morgan fingerprint density at radius 3 is 2.48 bits per heavy atom. The normalized spacial score (nSPS) is 16.1. The van der Waals surface area contributed by atoms with Crippen LogP contribution in [0.5, 0.6) is 5.75 Å². The average molecular weight is 343 g/mol. The van der Waals surface area contributed by atoms with Crippen LogP contribution in [-0.4, -0.2) is 24.5 Å². The van der Waals surface area contributed by atoms with Crippen LogP contribution in [-0.2, 0) is 9.59 Å². The van der Waals surface area contributed by atoms with Gasteiger partial charge in [0.1, 0.15) is 6.04 Å². The fraction of sp³-hybridized carbons (Fsp3) is 0.118. The highest BCUT2D eigenvalue weighted by molar-refractivity contribution is 6.04. The van der Waals surface area contributed by atoms with Crippen molar-refractivity contribution in [3.63, 3.8) is 0 Å². The molecule has 3 N–H and O–H groups in total. The highest BCUT2D eigenvalue weighted by Gasteiger charge is 2.30. The van der Waals surface area contributed by atoms with Crippen molar-refractivity contribution < 1.29 is 23.5 Å². The molecule has 0 aliphatic carbocycles. The highest BCUT2D eigenvalue weighted by Crippen LogP contribution is 2.19. The van der Waals surface area contributed by atoms with Crippen molar-refractivity contribution in [2.24, 2.45) is 0 Å². The second-order valence-electron chi connectivity index (χ2n) is 5.29. The van der Waals surface area contributed by atoms with Crippen LogP contribution < -0.4 is 20.7 Å². The molecule has 3 rings (SSSR count). The predicted octanol–water partition coefficient (Wildman–Crippen LogP) is 1.72. The molecule has 0 radical (unpaired) electrons. The predicted molar refractivity (Wildman–Crippen MR) is 86.4 cm³/mol. The molecule has 1 aliphatic rings. The largest absolute Gasteiger partial charge is 0.481 e. The molecule has 0 aromatic heterocycles. The fourth-order valence-electron chi connectivity index (χ4n) is 2.31. The highest BCUT2D eigenvalue weighted by atomic mass is 19.1. The fourth-order valence-corrected chi connectivity index (χ4v) is 2.31. The van der Waals surface area contributed by atoms with Crippen molar-refractivity contribution in [3.8, 4) is 5.75 Å². The lowest BCUT2D eigenvalue weighted by Crippen LogP contribution is -2.22. The number of hydrogen-bond donors (Lipinski definition) is 3. The number of halogens is 1. The van der Waals surface area contributed by atoms with Gasteiger partial charge in [0.2, 0.25) is 0 Å². The van der Waals surface area contributed by atoms with Crippen molar-refractivity contribution >= 4 is 23.5 Å². The summed E-state index contributed by atoms with van der Waals surface area (Å²) in [6.45, 7) is -0.343. The van der Waals surface area contributed by atoms with Gasteiger partial charge in [-0.2, -0.15) is 0 Å². The molecule has 1 fully saturated rings. The minimum absolute atomic E-state index is 0.00372. The first-order valence-electron chi connectivity index (χ1n) is 7.41. The van der Waals surface area contributed by atoms with Gasteiger partial charge in [-0.1, -0.05) is 24.3 Å². The molecule has 0 bridgehead atoms. The number of anilines is 1. The number of ether oxygens (including phenoxy) is 1. The first-order valence-corrected chi connectivity index (χ1v) is 7.41. The lowest BCUT2D eigenvalue weighted by atomic mass is 10.1. The molecule has 128 valence electrons. The molecule has 0 spiro atoms.